The smallest absolute Gasteiger partial charge is 0.252 e. The number of pyridine rings is 1. The molecule has 0 aliphatic heterocycles. The van der Waals surface area contributed by atoms with Crippen LogP contribution < -0.4 is 5.32 Å². The van der Waals surface area contributed by atoms with Crippen LogP contribution in [0.15, 0.2) is 30.9 Å². The quantitative estimate of drug-likeness (QED) is 0.801. The maximum Gasteiger partial charge on any atom is 0.252 e. The van der Waals surface area contributed by atoms with Crippen LogP contribution >= 0.6 is 0 Å². The zero-order chi connectivity index (χ0) is 17.3. The zero-order valence-corrected chi connectivity index (χ0v) is 14.4. The van der Waals surface area contributed by atoms with Crippen LogP contribution in [-0.4, -0.2) is 31.7 Å². The summed E-state index contributed by atoms with van der Waals surface area (Å²) in [6.45, 7) is 8.53. The molecule has 3 aromatic rings. The number of nitrogens with zero attached hydrogens (tertiary/aromatic N) is 4. The minimum atomic E-state index is -0.0960. The highest BCUT2D eigenvalue weighted by molar-refractivity contribution is 6.07. The Kier molecular flexibility index (Phi) is 4.29. The van der Waals surface area contributed by atoms with Crippen LogP contribution in [0.25, 0.3) is 10.9 Å². The average Bonchev–Trinajstić information content (AvgIpc) is 3.03. The van der Waals surface area contributed by atoms with Crippen LogP contribution in [0.4, 0.5) is 0 Å². The molecule has 0 fully saturated rings. The Hall–Kier alpha value is -2.76. The van der Waals surface area contributed by atoms with Gasteiger partial charge >= 0.3 is 0 Å². The van der Waals surface area contributed by atoms with Crippen molar-refractivity contribution in [2.24, 2.45) is 0 Å². The number of aryl methyl sites for hydroxylation is 3. The molecule has 24 heavy (non-hydrogen) atoms. The van der Waals surface area contributed by atoms with Gasteiger partial charge in [0.2, 0.25) is 0 Å². The summed E-state index contributed by atoms with van der Waals surface area (Å²) in [5.74, 6) is -0.0960. The van der Waals surface area contributed by atoms with Crippen LogP contribution in [0.5, 0.6) is 0 Å². The summed E-state index contributed by atoms with van der Waals surface area (Å²) < 4.78 is 1.70. The van der Waals surface area contributed by atoms with Gasteiger partial charge in [0.15, 0.2) is 0 Å². The number of hydrogen-bond donors (Lipinski definition) is 1. The maximum atomic E-state index is 12.8. The molecule has 1 aromatic carbocycles. The van der Waals surface area contributed by atoms with E-state index >= 15 is 0 Å². The van der Waals surface area contributed by atoms with Gasteiger partial charge in [-0.05, 0) is 44.9 Å². The van der Waals surface area contributed by atoms with Crippen LogP contribution in [-0.2, 0) is 6.54 Å². The Bertz CT molecular complexity index is 886. The normalized spacial score (nSPS) is 12.3. The summed E-state index contributed by atoms with van der Waals surface area (Å²) in [4.78, 5) is 21.3. The van der Waals surface area contributed by atoms with Crippen molar-refractivity contribution < 1.29 is 4.79 Å². The molecule has 6 heteroatoms. The van der Waals surface area contributed by atoms with E-state index in [2.05, 4.69) is 27.3 Å². The number of carbonyl (C=O) groups is 1. The fraction of sp³-hybridized carbons (Fsp3) is 0.333. The van der Waals surface area contributed by atoms with E-state index in [1.807, 2.05) is 39.0 Å². The number of rotatable bonds is 4. The minimum Gasteiger partial charge on any atom is -0.348 e. The predicted molar refractivity (Wildman–Crippen MR) is 92.9 cm³/mol. The molecule has 2 heterocycles. The Balaban J connectivity index is 1.90. The number of aromatic nitrogens is 4. The van der Waals surface area contributed by atoms with Gasteiger partial charge in [-0.1, -0.05) is 12.1 Å². The number of benzene rings is 1. The van der Waals surface area contributed by atoms with E-state index in [0.29, 0.717) is 12.1 Å². The molecule has 1 N–H and O–H groups in total. The molecule has 0 aliphatic rings. The summed E-state index contributed by atoms with van der Waals surface area (Å²) in [6.07, 6.45) is 3.13. The first-order chi connectivity index (χ1) is 11.5. The third kappa shape index (κ3) is 3.13. The molecule has 0 spiro atoms. The van der Waals surface area contributed by atoms with Gasteiger partial charge in [-0.2, -0.15) is 5.10 Å². The van der Waals surface area contributed by atoms with E-state index in [0.717, 1.165) is 22.2 Å². The highest BCUT2D eigenvalue weighted by atomic mass is 16.1. The first-order valence-electron chi connectivity index (χ1n) is 7.96. The second-order valence-corrected chi connectivity index (χ2v) is 6.21. The Morgan fingerprint density at radius 3 is 2.79 bits per heavy atom. The molecule has 0 bridgehead atoms. The molecule has 0 aliphatic carbocycles. The van der Waals surface area contributed by atoms with Crippen molar-refractivity contribution in [3.05, 3.63) is 53.2 Å². The van der Waals surface area contributed by atoms with E-state index in [1.54, 1.807) is 11.0 Å². The highest BCUT2D eigenvalue weighted by Crippen LogP contribution is 2.24. The lowest BCUT2D eigenvalue weighted by molar-refractivity contribution is 0.0937. The largest absolute Gasteiger partial charge is 0.348 e. The third-order valence-corrected chi connectivity index (χ3v) is 4.18. The van der Waals surface area contributed by atoms with Gasteiger partial charge in [0.05, 0.1) is 17.6 Å². The number of amides is 1. The fourth-order valence-corrected chi connectivity index (χ4v) is 2.80. The van der Waals surface area contributed by atoms with Gasteiger partial charge in [0.1, 0.15) is 12.7 Å². The van der Waals surface area contributed by atoms with Gasteiger partial charge in [-0.3, -0.25) is 14.5 Å². The van der Waals surface area contributed by atoms with Crippen molar-refractivity contribution >= 4 is 16.8 Å². The summed E-state index contributed by atoms with van der Waals surface area (Å²) in [5, 5.41) is 7.98. The standard InChI is InChI=1S/C18H21N5O/c1-11-5-6-15-16(7-12(2)21-17(15)14(11)4)18(24)22-13(3)8-23-10-19-9-20-23/h5-7,9-10,13H,8H2,1-4H3,(H,22,24). The number of nitrogens with one attached hydrogen (secondary N) is 1. The number of carbonyl (C=O) groups excluding carboxylic acids is 1. The number of hydrogen-bond acceptors (Lipinski definition) is 4. The zero-order valence-electron chi connectivity index (χ0n) is 14.4. The van der Waals surface area contributed by atoms with Crippen molar-refractivity contribution in [3.63, 3.8) is 0 Å². The van der Waals surface area contributed by atoms with E-state index < -0.39 is 0 Å². The van der Waals surface area contributed by atoms with Crippen LogP contribution in [0.2, 0.25) is 0 Å². The summed E-state index contributed by atoms with van der Waals surface area (Å²) in [7, 11) is 0. The van der Waals surface area contributed by atoms with Crippen molar-refractivity contribution in [1.82, 2.24) is 25.1 Å². The molecule has 0 saturated carbocycles. The molecule has 1 atom stereocenters. The molecule has 3 rings (SSSR count). The highest BCUT2D eigenvalue weighted by Gasteiger charge is 2.16. The van der Waals surface area contributed by atoms with Crippen LogP contribution in [0, 0.1) is 20.8 Å². The SMILES string of the molecule is Cc1cc(C(=O)NC(C)Cn2cncn2)c2ccc(C)c(C)c2n1. The first-order valence-corrected chi connectivity index (χ1v) is 7.96. The summed E-state index contributed by atoms with van der Waals surface area (Å²) >= 11 is 0. The maximum absolute atomic E-state index is 12.8. The predicted octanol–water partition coefficient (Wildman–Crippen LogP) is 2.57. The first kappa shape index (κ1) is 16.1. The Labute approximate surface area is 140 Å². The molecule has 1 amide bonds. The lowest BCUT2D eigenvalue weighted by atomic mass is 10.0. The van der Waals surface area contributed by atoms with Gasteiger partial charge < -0.3 is 5.32 Å². The van der Waals surface area contributed by atoms with Crippen molar-refractivity contribution in [1.29, 1.82) is 0 Å². The average molecular weight is 323 g/mol. The van der Waals surface area contributed by atoms with E-state index in [1.165, 1.54) is 11.9 Å². The van der Waals surface area contributed by atoms with E-state index in [4.69, 9.17) is 0 Å². The monoisotopic (exact) mass is 323 g/mol. The van der Waals surface area contributed by atoms with Gasteiger partial charge in [-0.15, -0.1) is 0 Å². The van der Waals surface area contributed by atoms with Crippen molar-refractivity contribution in [2.75, 3.05) is 0 Å². The molecule has 6 nitrogen and oxygen atoms in total. The lowest BCUT2D eigenvalue weighted by Crippen LogP contribution is -2.36. The number of fused-ring (bicyclic) bond motifs is 1. The minimum absolute atomic E-state index is 0.0609. The molecule has 1 unspecified atom stereocenters. The third-order valence-electron chi connectivity index (χ3n) is 4.18. The Morgan fingerprint density at radius 2 is 2.08 bits per heavy atom. The lowest BCUT2D eigenvalue weighted by Gasteiger charge is -2.16. The summed E-state index contributed by atoms with van der Waals surface area (Å²) in [5.41, 5.74) is 4.67. The molecule has 2 aromatic heterocycles. The van der Waals surface area contributed by atoms with Gasteiger partial charge in [0.25, 0.3) is 5.91 Å². The summed E-state index contributed by atoms with van der Waals surface area (Å²) in [6, 6.07) is 5.79. The fourth-order valence-electron chi connectivity index (χ4n) is 2.80. The second kappa shape index (κ2) is 6.39. The van der Waals surface area contributed by atoms with Crippen molar-refractivity contribution in [3.8, 4) is 0 Å². The molecule has 0 saturated heterocycles. The molecular formula is C18H21N5O. The Morgan fingerprint density at radius 1 is 1.29 bits per heavy atom. The van der Waals surface area contributed by atoms with E-state index in [-0.39, 0.29) is 11.9 Å². The second-order valence-electron chi connectivity index (χ2n) is 6.21. The van der Waals surface area contributed by atoms with Crippen LogP contribution in [0.1, 0.15) is 34.1 Å². The van der Waals surface area contributed by atoms with Crippen LogP contribution in [0.3, 0.4) is 0 Å². The molecule has 0 radical (unpaired) electrons. The van der Waals surface area contributed by atoms with Gasteiger partial charge in [0, 0.05) is 17.1 Å². The van der Waals surface area contributed by atoms with Crippen molar-refractivity contribution in [2.45, 2.75) is 40.3 Å². The topological polar surface area (TPSA) is 72.7 Å². The van der Waals surface area contributed by atoms with Gasteiger partial charge in [-0.25, -0.2) is 4.98 Å². The molecular weight excluding hydrogens is 302 g/mol. The molecule has 124 valence electrons. The van der Waals surface area contributed by atoms with E-state index in [9.17, 15) is 4.79 Å².